The fraction of sp³-hybridized carbons (Fsp3) is 0. The van der Waals surface area contributed by atoms with Crippen LogP contribution in [-0.2, 0) is 19.8 Å². The van der Waals surface area contributed by atoms with Crippen molar-refractivity contribution in [2.24, 2.45) is 0 Å². The first-order valence-electron chi connectivity index (χ1n) is 19.2. The van der Waals surface area contributed by atoms with E-state index < -0.39 is 23.8 Å². The molecule has 0 aliphatic heterocycles. The summed E-state index contributed by atoms with van der Waals surface area (Å²) in [7, 11) is -1.34. The quantitative estimate of drug-likeness (QED) is 0.127. The normalized spacial score (nSPS) is 10.4. The van der Waals surface area contributed by atoms with E-state index in [9.17, 15) is 0 Å². The fourth-order valence-corrected chi connectivity index (χ4v) is 13.5. The van der Waals surface area contributed by atoms with Crippen molar-refractivity contribution in [2.75, 3.05) is 0 Å². The van der Waals surface area contributed by atoms with E-state index in [2.05, 4.69) is 273 Å². The molecule has 0 saturated carbocycles. The van der Waals surface area contributed by atoms with Gasteiger partial charge < -0.3 is 0 Å². The summed E-state index contributed by atoms with van der Waals surface area (Å²) in [6.07, 6.45) is 0. The van der Waals surface area contributed by atoms with Gasteiger partial charge in [-0.15, -0.1) is 0 Å². The van der Waals surface area contributed by atoms with Crippen LogP contribution in [0, 0.1) is 0 Å². The zero-order valence-corrected chi connectivity index (χ0v) is 37.4. The van der Waals surface area contributed by atoms with E-state index in [1.165, 1.54) is 47.7 Å². The topological polar surface area (TPSA) is 0 Å². The Hall–Kier alpha value is -5.09. The van der Waals surface area contributed by atoms with Gasteiger partial charge in [-0.3, -0.25) is 0 Å². The monoisotopic (exact) mass is 978 g/mol. The number of hydrogen-bond donors (Lipinski definition) is 0. The molecule has 0 amide bonds. The molecule has 0 aliphatic carbocycles. The third-order valence-corrected chi connectivity index (χ3v) is 16.5. The van der Waals surface area contributed by atoms with Gasteiger partial charge in [0.15, 0.2) is 0 Å². The molecule has 9 aromatic carbocycles. The van der Waals surface area contributed by atoms with Crippen molar-refractivity contribution >= 4 is 71.5 Å². The Balaban J connectivity index is 0.000000145. The first-order chi connectivity index (χ1) is 28.3. The van der Waals surface area contributed by atoms with Crippen LogP contribution < -0.4 is 47.7 Å². The Morgan fingerprint density at radius 3 is 0.310 bits per heavy atom. The van der Waals surface area contributed by atoms with Crippen LogP contribution in [0.4, 0.5) is 0 Å². The van der Waals surface area contributed by atoms with Gasteiger partial charge in [-0.1, -0.05) is 273 Å². The van der Waals surface area contributed by atoms with Crippen molar-refractivity contribution < 1.29 is 19.8 Å². The summed E-state index contributed by atoms with van der Waals surface area (Å²) < 4.78 is 0. The minimum atomic E-state index is -0.446. The van der Waals surface area contributed by atoms with Crippen LogP contribution in [0.25, 0.3) is 0 Å². The van der Waals surface area contributed by atoms with Crippen LogP contribution in [0.15, 0.2) is 273 Å². The minimum absolute atomic E-state index is 0. The summed E-state index contributed by atoms with van der Waals surface area (Å²) in [6, 6.07) is 97.0. The standard InChI is InChI=1S/3C18H15P.Os/c3*1-4-10-16(11-5-1)19(17-12-6-2-7-13-17)18-14-8-3-9-15-18;/h3*1-15H;. The summed E-state index contributed by atoms with van der Waals surface area (Å²) in [6.45, 7) is 0. The maximum Gasteiger partial charge on any atom is 0 e. The van der Waals surface area contributed by atoms with E-state index in [1.54, 1.807) is 0 Å². The van der Waals surface area contributed by atoms with Crippen molar-refractivity contribution in [1.82, 2.24) is 0 Å². The van der Waals surface area contributed by atoms with Crippen LogP contribution in [0.3, 0.4) is 0 Å². The van der Waals surface area contributed by atoms with Crippen LogP contribution in [0.2, 0.25) is 0 Å². The summed E-state index contributed by atoms with van der Waals surface area (Å²) in [5.41, 5.74) is 0. The van der Waals surface area contributed by atoms with Gasteiger partial charge in [0.1, 0.15) is 0 Å². The van der Waals surface area contributed by atoms with Crippen molar-refractivity contribution in [1.29, 1.82) is 0 Å². The fourth-order valence-electron chi connectivity index (χ4n) is 6.54. The Bertz CT molecular complexity index is 1860. The summed E-state index contributed by atoms with van der Waals surface area (Å²) in [5, 5.41) is 12.6. The third kappa shape index (κ3) is 12.0. The van der Waals surface area contributed by atoms with Crippen LogP contribution in [0.1, 0.15) is 0 Å². The van der Waals surface area contributed by atoms with Crippen LogP contribution in [-0.4, -0.2) is 0 Å². The van der Waals surface area contributed by atoms with E-state index in [4.69, 9.17) is 0 Å². The maximum atomic E-state index is 2.23. The number of hydrogen-bond acceptors (Lipinski definition) is 0. The molecule has 58 heavy (non-hydrogen) atoms. The number of rotatable bonds is 9. The SMILES string of the molecule is [Os].c1ccc(P(c2ccccc2)c2ccccc2)cc1.c1ccc(P(c2ccccc2)c2ccccc2)cc1.c1ccc(P(c2ccccc2)c2ccccc2)cc1. The smallest absolute Gasteiger partial charge is 0 e. The van der Waals surface area contributed by atoms with Gasteiger partial charge in [-0.2, -0.15) is 0 Å². The largest absolute Gasteiger partial charge is 0.0622 e. The molecule has 0 saturated heterocycles. The van der Waals surface area contributed by atoms with Crippen molar-refractivity contribution in [3.8, 4) is 0 Å². The molecule has 0 N–H and O–H groups in total. The van der Waals surface area contributed by atoms with Gasteiger partial charge in [0.2, 0.25) is 0 Å². The van der Waals surface area contributed by atoms with Gasteiger partial charge in [0, 0.05) is 19.8 Å². The Labute approximate surface area is 362 Å². The molecule has 0 aliphatic rings. The van der Waals surface area contributed by atoms with Crippen molar-refractivity contribution in [3.05, 3.63) is 273 Å². The van der Waals surface area contributed by atoms with E-state index >= 15 is 0 Å². The molecule has 9 rings (SSSR count). The first-order valence-corrected chi connectivity index (χ1v) is 23.2. The molecule has 0 spiro atoms. The van der Waals surface area contributed by atoms with Crippen LogP contribution >= 0.6 is 23.8 Å². The molecule has 0 bridgehead atoms. The molecule has 284 valence electrons. The second kappa shape index (κ2) is 23.3. The van der Waals surface area contributed by atoms with E-state index in [0.29, 0.717) is 0 Å². The zero-order chi connectivity index (χ0) is 38.7. The van der Waals surface area contributed by atoms with E-state index in [1.807, 2.05) is 0 Å². The van der Waals surface area contributed by atoms with Crippen molar-refractivity contribution in [2.45, 2.75) is 0 Å². The molecule has 0 aromatic heterocycles. The molecule has 0 unspecified atom stereocenters. The molecule has 0 heterocycles. The molecular weight excluding hydrogens is 932 g/mol. The zero-order valence-electron chi connectivity index (χ0n) is 32.2. The molecular formula is C54H45OsP3. The Morgan fingerprint density at radius 1 is 0.138 bits per heavy atom. The summed E-state index contributed by atoms with van der Waals surface area (Å²) >= 11 is 0. The maximum absolute atomic E-state index is 2.23. The van der Waals surface area contributed by atoms with Gasteiger partial charge >= 0.3 is 0 Å². The molecule has 0 nitrogen and oxygen atoms in total. The average Bonchev–Trinajstić information content (AvgIpc) is 3.30. The predicted octanol–water partition coefficient (Wildman–Crippen LogP) is 10.3. The first kappa shape index (κ1) is 42.5. The van der Waals surface area contributed by atoms with Crippen molar-refractivity contribution in [3.63, 3.8) is 0 Å². The van der Waals surface area contributed by atoms with Gasteiger partial charge in [0.25, 0.3) is 0 Å². The van der Waals surface area contributed by atoms with Gasteiger partial charge in [-0.25, -0.2) is 0 Å². The summed E-state index contributed by atoms with van der Waals surface area (Å²) in [4.78, 5) is 0. The third-order valence-electron chi connectivity index (χ3n) is 9.13. The minimum Gasteiger partial charge on any atom is -0.0622 e. The molecule has 0 atom stereocenters. The van der Waals surface area contributed by atoms with Gasteiger partial charge in [-0.05, 0) is 71.5 Å². The molecule has 0 radical (unpaired) electrons. The van der Waals surface area contributed by atoms with E-state index in [0.717, 1.165) is 0 Å². The number of benzene rings is 9. The average molecular weight is 977 g/mol. The Morgan fingerprint density at radius 2 is 0.224 bits per heavy atom. The summed E-state index contributed by atoms with van der Waals surface area (Å²) in [5.74, 6) is 0. The second-order valence-electron chi connectivity index (χ2n) is 13.0. The Kier molecular flexibility index (Phi) is 17.1. The van der Waals surface area contributed by atoms with E-state index in [-0.39, 0.29) is 19.8 Å². The predicted molar refractivity (Wildman–Crippen MR) is 255 cm³/mol. The molecule has 0 fully saturated rings. The second-order valence-corrected chi connectivity index (χ2v) is 19.7. The molecule has 4 heteroatoms. The van der Waals surface area contributed by atoms with Gasteiger partial charge in [0.05, 0.1) is 0 Å². The van der Waals surface area contributed by atoms with Crippen LogP contribution in [0.5, 0.6) is 0 Å². The molecule has 9 aromatic rings.